The summed E-state index contributed by atoms with van der Waals surface area (Å²) < 4.78 is 5.66. The number of carbonyl (C=O) groups is 1. The van der Waals surface area contributed by atoms with Gasteiger partial charge in [-0.15, -0.1) is 0 Å². The zero-order valence-corrected chi connectivity index (χ0v) is 14.5. The largest absolute Gasteiger partial charge is 0.487 e. The third-order valence-electron chi connectivity index (χ3n) is 3.31. The SMILES string of the molecule is C=C(C)COc1ccccc1NC(=O)CNc1cc(C)cc(C)c1. The molecule has 0 atom stereocenters. The fourth-order valence-corrected chi connectivity index (χ4v) is 2.35. The molecule has 4 heteroatoms. The molecule has 0 aromatic heterocycles. The number of amides is 1. The number of para-hydroxylation sites is 2. The van der Waals surface area contributed by atoms with Crippen molar-refractivity contribution < 1.29 is 9.53 Å². The smallest absolute Gasteiger partial charge is 0.243 e. The molecule has 0 fully saturated rings. The molecule has 0 saturated heterocycles. The average Bonchev–Trinajstić information content (AvgIpc) is 2.51. The van der Waals surface area contributed by atoms with Crippen molar-refractivity contribution in [1.29, 1.82) is 0 Å². The molecule has 2 rings (SSSR count). The lowest BCUT2D eigenvalue weighted by atomic mass is 10.1. The lowest BCUT2D eigenvalue weighted by molar-refractivity contribution is -0.114. The summed E-state index contributed by atoms with van der Waals surface area (Å²) in [6.07, 6.45) is 0. The molecule has 0 radical (unpaired) electrons. The maximum absolute atomic E-state index is 12.2. The summed E-state index contributed by atoms with van der Waals surface area (Å²) in [4.78, 5) is 12.2. The second kappa shape index (κ2) is 8.20. The molecular weight excluding hydrogens is 300 g/mol. The highest BCUT2D eigenvalue weighted by atomic mass is 16.5. The number of rotatable bonds is 7. The molecule has 0 heterocycles. The Kier molecular flexibility index (Phi) is 6.01. The van der Waals surface area contributed by atoms with Crippen LogP contribution in [0.4, 0.5) is 11.4 Å². The van der Waals surface area contributed by atoms with E-state index in [0.29, 0.717) is 18.0 Å². The Balaban J connectivity index is 1.96. The molecule has 4 nitrogen and oxygen atoms in total. The summed E-state index contributed by atoms with van der Waals surface area (Å²) in [5.74, 6) is 0.515. The van der Waals surface area contributed by atoms with Crippen LogP contribution < -0.4 is 15.4 Å². The molecule has 0 spiro atoms. The number of aryl methyl sites for hydroxylation is 2. The van der Waals surface area contributed by atoms with E-state index >= 15 is 0 Å². The molecule has 0 bridgehead atoms. The quantitative estimate of drug-likeness (QED) is 0.746. The number of nitrogens with one attached hydrogen (secondary N) is 2. The van der Waals surface area contributed by atoms with Crippen LogP contribution in [0.25, 0.3) is 0 Å². The molecule has 0 aliphatic heterocycles. The topological polar surface area (TPSA) is 50.4 Å². The van der Waals surface area contributed by atoms with Crippen LogP contribution in [0.5, 0.6) is 5.75 Å². The van der Waals surface area contributed by atoms with E-state index in [9.17, 15) is 4.79 Å². The van der Waals surface area contributed by atoms with Gasteiger partial charge in [0, 0.05) is 5.69 Å². The third kappa shape index (κ3) is 5.47. The van der Waals surface area contributed by atoms with E-state index in [2.05, 4.69) is 23.3 Å². The van der Waals surface area contributed by atoms with E-state index in [1.165, 1.54) is 0 Å². The number of carbonyl (C=O) groups excluding carboxylic acids is 1. The predicted octanol–water partition coefficient (Wildman–Crippen LogP) is 4.31. The van der Waals surface area contributed by atoms with Crippen LogP contribution in [0.3, 0.4) is 0 Å². The number of hydrogen-bond donors (Lipinski definition) is 2. The van der Waals surface area contributed by atoms with Crippen molar-refractivity contribution in [3.8, 4) is 5.75 Å². The highest BCUT2D eigenvalue weighted by molar-refractivity contribution is 5.95. The molecule has 1 amide bonds. The van der Waals surface area contributed by atoms with Gasteiger partial charge < -0.3 is 15.4 Å². The molecule has 0 aliphatic rings. The first kappa shape index (κ1) is 17.6. The minimum atomic E-state index is -0.125. The van der Waals surface area contributed by atoms with Crippen molar-refractivity contribution in [1.82, 2.24) is 0 Å². The zero-order valence-electron chi connectivity index (χ0n) is 14.5. The Hall–Kier alpha value is -2.75. The minimum Gasteiger partial charge on any atom is -0.487 e. The summed E-state index contributed by atoms with van der Waals surface area (Å²) >= 11 is 0. The van der Waals surface area contributed by atoms with Crippen LogP contribution in [-0.2, 0) is 4.79 Å². The number of ether oxygens (including phenoxy) is 1. The maximum Gasteiger partial charge on any atom is 0.243 e. The first-order valence-electron chi connectivity index (χ1n) is 7.92. The lowest BCUT2D eigenvalue weighted by Crippen LogP contribution is -2.22. The van der Waals surface area contributed by atoms with Crippen LogP contribution in [0.15, 0.2) is 54.6 Å². The summed E-state index contributed by atoms with van der Waals surface area (Å²) in [5, 5.41) is 6.03. The van der Waals surface area contributed by atoms with Crippen molar-refractivity contribution in [3.63, 3.8) is 0 Å². The van der Waals surface area contributed by atoms with E-state index in [4.69, 9.17) is 4.74 Å². The van der Waals surface area contributed by atoms with Crippen LogP contribution >= 0.6 is 0 Å². The van der Waals surface area contributed by atoms with Crippen LogP contribution in [-0.4, -0.2) is 19.1 Å². The second-order valence-electron chi connectivity index (χ2n) is 6.02. The van der Waals surface area contributed by atoms with Crippen molar-refractivity contribution in [3.05, 3.63) is 65.7 Å². The Morgan fingerprint density at radius 2 is 1.79 bits per heavy atom. The molecular formula is C20H24N2O2. The van der Waals surface area contributed by atoms with Gasteiger partial charge in [0.15, 0.2) is 0 Å². The first-order chi connectivity index (χ1) is 11.4. The van der Waals surface area contributed by atoms with Gasteiger partial charge in [-0.2, -0.15) is 0 Å². The predicted molar refractivity (Wildman–Crippen MR) is 99.8 cm³/mol. The van der Waals surface area contributed by atoms with Crippen LogP contribution in [0, 0.1) is 13.8 Å². The Morgan fingerprint density at radius 1 is 1.12 bits per heavy atom. The van der Waals surface area contributed by atoms with Gasteiger partial charge in [0.25, 0.3) is 0 Å². The fraction of sp³-hybridized carbons (Fsp3) is 0.250. The monoisotopic (exact) mass is 324 g/mol. The van der Waals surface area contributed by atoms with Gasteiger partial charge in [-0.05, 0) is 61.7 Å². The molecule has 0 saturated carbocycles. The normalized spacial score (nSPS) is 10.1. The molecule has 0 aliphatic carbocycles. The van der Waals surface area contributed by atoms with Gasteiger partial charge in [-0.3, -0.25) is 4.79 Å². The average molecular weight is 324 g/mol. The minimum absolute atomic E-state index is 0.125. The van der Waals surface area contributed by atoms with Crippen molar-refractivity contribution >= 4 is 17.3 Å². The number of benzene rings is 2. The van der Waals surface area contributed by atoms with E-state index in [0.717, 1.165) is 22.4 Å². The second-order valence-corrected chi connectivity index (χ2v) is 6.02. The maximum atomic E-state index is 12.2. The Labute approximate surface area is 143 Å². The van der Waals surface area contributed by atoms with Crippen molar-refractivity contribution in [2.75, 3.05) is 23.8 Å². The highest BCUT2D eigenvalue weighted by Gasteiger charge is 2.08. The van der Waals surface area contributed by atoms with Crippen molar-refractivity contribution in [2.45, 2.75) is 20.8 Å². The molecule has 0 unspecified atom stereocenters. The zero-order chi connectivity index (χ0) is 17.5. The number of anilines is 2. The lowest BCUT2D eigenvalue weighted by Gasteiger charge is -2.13. The summed E-state index contributed by atoms with van der Waals surface area (Å²) in [6.45, 7) is 10.4. The van der Waals surface area contributed by atoms with Gasteiger partial charge in [0.05, 0.1) is 12.2 Å². The summed E-state index contributed by atoms with van der Waals surface area (Å²) in [6, 6.07) is 13.5. The summed E-state index contributed by atoms with van der Waals surface area (Å²) in [7, 11) is 0. The van der Waals surface area contributed by atoms with Crippen molar-refractivity contribution in [2.24, 2.45) is 0 Å². The molecule has 2 aromatic carbocycles. The highest BCUT2D eigenvalue weighted by Crippen LogP contribution is 2.24. The first-order valence-corrected chi connectivity index (χ1v) is 7.92. The fourth-order valence-electron chi connectivity index (χ4n) is 2.35. The third-order valence-corrected chi connectivity index (χ3v) is 3.31. The Bertz CT molecular complexity index is 718. The van der Waals surface area contributed by atoms with E-state index in [-0.39, 0.29) is 12.5 Å². The Morgan fingerprint density at radius 3 is 2.46 bits per heavy atom. The van der Waals surface area contributed by atoms with E-state index in [1.54, 1.807) is 0 Å². The van der Waals surface area contributed by atoms with Gasteiger partial charge >= 0.3 is 0 Å². The van der Waals surface area contributed by atoms with E-state index in [1.807, 2.05) is 57.2 Å². The van der Waals surface area contributed by atoms with Gasteiger partial charge in [-0.1, -0.05) is 24.8 Å². The van der Waals surface area contributed by atoms with Crippen LogP contribution in [0.2, 0.25) is 0 Å². The van der Waals surface area contributed by atoms with Crippen LogP contribution in [0.1, 0.15) is 18.1 Å². The van der Waals surface area contributed by atoms with Gasteiger partial charge in [-0.25, -0.2) is 0 Å². The molecule has 2 aromatic rings. The van der Waals surface area contributed by atoms with E-state index < -0.39 is 0 Å². The molecule has 24 heavy (non-hydrogen) atoms. The summed E-state index contributed by atoms with van der Waals surface area (Å²) in [5.41, 5.74) is 4.85. The number of hydrogen-bond acceptors (Lipinski definition) is 3. The van der Waals surface area contributed by atoms with Gasteiger partial charge in [0.2, 0.25) is 5.91 Å². The molecule has 2 N–H and O–H groups in total. The molecule has 126 valence electrons. The standard InChI is InChI=1S/C20H24N2O2/c1-14(2)13-24-19-8-6-5-7-18(19)22-20(23)12-21-17-10-15(3)9-16(4)11-17/h5-11,21H,1,12-13H2,2-4H3,(H,22,23). The van der Waals surface area contributed by atoms with Gasteiger partial charge in [0.1, 0.15) is 12.4 Å².